The van der Waals surface area contributed by atoms with E-state index >= 15 is 0 Å². The van der Waals surface area contributed by atoms with Crippen LogP contribution >= 0.6 is 0 Å². The molecule has 9 nitrogen and oxygen atoms in total. The first-order valence-electron chi connectivity index (χ1n) is 10.1. The SMILES string of the molecule is CCn1c(=O)[nH]c(=O)c2c(C(=O)N[C@H]3CCC4(C3)OCCO4)cc(C(C)C)nc21. The van der Waals surface area contributed by atoms with E-state index in [9.17, 15) is 14.4 Å². The lowest BCUT2D eigenvalue weighted by molar-refractivity contribution is -0.151. The molecule has 2 aromatic heterocycles. The maximum atomic E-state index is 13.2. The summed E-state index contributed by atoms with van der Waals surface area (Å²) in [6, 6.07) is 1.54. The molecule has 0 radical (unpaired) electrons. The number of ether oxygens (including phenoxy) is 2. The van der Waals surface area contributed by atoms with E-state index in [0.29, 0.717) is 31.9 Å². The number of pyridine rings is 1. The third kappa shape index (κ3) is 3.49. The number of amides is 1. The maximum absolute atomic E-state index is 13.2. The number of carbonyl (C=O) groups excluding carboxylic acids is 1. The number of nitrogens with zero attached hydrogens (tertiary/aromatic N) is 2. The van der Waals surface area contributed by atoms with Crippen LogP contribution in [0.1, 0.15) is 62.0 Å². The molecule has 3 heterocycles. The number of H-pyrrole nitrogens is 1. The molecule has 29 heavy (non-hydrogen) atoms. The summed E-state index contributed by atoms with van der Waals surface area (Å²) in [5.41, 5.74) is -0.00875. The molecule has 2 fully saturated rings. The van der Waals surface area contributed by atoms with E-state index in [1.807, 2.05) is 13.8 Å². The van der Waals surface area contributed by atoms with Gasteiger partial charge in [0.25, 0.3) is 11.5 Å². The zero-order chi connectivity index (χ0) is 20.8. The number of hydrogen-bond donors (Lipinski definition) is 2. The van der Waals surface area contributed by atoms with Crippen LogP contribution in [0, 0.1) is 0 Å². The number of fused-ring (bicyclic) bond motifs is 1. The van der Waals surface area contributed by atoms with Crippen molar-refractivity contribution in [2.45, 2.75) is 64.3 Å². The molecule has 1 saturated carbocycles. The average molecular weight is 402 g/mol. The first-order chi connectivity index (χ1) is 13.8. The van der Waals surface area contributed by atoms with Crippen LogP contribution in [0.4, 0.5) is 0 Å². The van der Waals surface area contributed by atoms with E-state index in [1.54, 1.807) is 13.0 Å². The highest BCUT2D eigenvalue weighted by atomic mass is 16.7. The summed E-state index contributed by atoms with van der Waals surface area (Å²) in [6.45, 7) is 7.16. The highest BCUT2D eigenvalue weighted by molar-refractivity contribution is 6.05. The van der Waals surface area contributed by atoms with Gasteiger partial charge in [-0.1, -0.05) is 13.8 Å². The Morgan fingerprint density at radius 3 is 2.76 bits per heavy atom. The summed E-state index contributed by atoms with van der Waals surface area (Å²) in [6.07, 6.45) is 2.04. The van der Waals surface area contributed by atoms with Crippen LogP contribution in [0.2, 0.25) is 0 Å². The molecule has 1 spiro atoms. The van der Waals surface area contributed by atoms with Gasteiger partial charge in [-0.25, -0.2) is 9.78 Å². The van der Waals surface area contributed by atoms with Crippen LogP contribution in [0.5, 0.6) is 0 Å². The Balaban J connectivity index is 1.75. The minimum atomic E-state index is -0.604. The fraction of sp³-hybridized carbons (Fsp3) is 0.600. The normalized spacial score (nSPS) is 20.8. The molecule has 1 amide bonds. The number of nitrogens with one attached hydrogen (secondary N) is 2. The van der Waals surface area contributed by atoms with Gasteiger partial charge in [0, 0.05) is 31.1 Å². The molecule has 1 aliphatic heterocycles. The van der Waals surface area contributed by atoms with Crippen molar-refractivity contribution >= 4 is 16.9 Å². The van der Waals surface area contributed by atoms with Crippen molar-refractivity contribution in [1.29, 1.82) is 0 Å². The standard InChI is InChI=1S/C20H26N4O5/c1-4-24-16-15(18(26)23-19(24)27)13(9-14(22-16)11(2)3)17(25)21-12-5-6-20(10-12)28-7-8-29-20/h9,11-12H,4-8,10H2,1-3H3,(H,21,25)(H,23,26,27)/t12-/m0/s1. The number of aromatic amines is 1. The van der Waals surface area contributed by atoms with E-state index in [2.05, 4.69) is 15.3 Å². The summed E-state index contributed by atoms with van der Waals surface area (Å²) in [7, 11) is 0. The molecular weight excluding hydrogens is 376 g/mol. The van der Waals surface area contributed by atoms with Gasteiger partial charge in [0.05, 0.1) is 24.2 Å². The molecule has 2 aromatic rings. The third-order valence-corrected chi connectivity index (χ3v) is 5.70. The molecule has 1 atom stereocenters. The molecule has 4 rings (SSSR count). The molecule has 9 heteroatoms. The second-order valence-corrected chi connectivity index (χ2v) is 7.97. The van der Waals surface area contributed by atoms with Crippen molar-refractivity contribution in [2.24, 2.45) is 0 Å². The third-order valence-electron chi connectivity index (χ3n) is 5.70. The van der Waals surface area contributed by atoms with Gasteiger partial charge in [-0.2, -0.15) is 0 Å². The number of hydrogen-bond acceptors (Lipinski definition) is 6. The van der Waals surface area contributed by atoms with Crippen molar-refractivity contribution in [3.05, 3.63) is 38.2 Å². The quantitative estimate of drug-likeness (QED) is 0.795. The Kier molecular flexibility index (Phi) is 5.04. The Morgan fingerprint density at radius 2 is 2.10 bits per heavy atom. The van der Waals surface area contributed by atoms with Crippen LogP contribution < -0.4 is 16.6 Å². The minimum absolute atomic E-state index is 0.0284. The predicted octanol–water partition coefficient (Wildman–Crippen LogP) is 1.25. The molecule has 0 aromatic carbocycles. The minimum Gasteiger partial charge on any atom is -0.349 e. The largest absolute Gasteiger partial charge is 0.349 e. The van der Waals surface area contributed by atoms with Crippen LogP contribution in [0.25, 0.3) is 11.0 Å². The van der Waals surface area contributed by atoms with Crippen molar-refractivity contribution in [1.82, 2.24) is 19.9 Å². The molecule has 1 saturated heterocycles. The number of aromatic nitrogens is 3. The second-order valence-electron chi connectivity index (χ2n) is 7.97. The first kappa shape index (κ1) is 19.8. The maximum Gasteiger partial charge on any atom is 0.329 e. The van der Waals surface area contributed by atoms with E-state index in [-0.39, 0.29) is 34.5 Å². The molecule has 156 valence electrons. The molecule has 1 aliphatic carbocycles. The van der Waals surface area contributed by atoms with Crippen LogP contribution in [0.3, 0.4) is 0 Å². The van der Waals surface area contributed by atoms with Gasteiger partial charge in [-0.3, -0.25) is 19.1 Å². The summed E-state index contributed by atoms with van der Waals surface area (Å²) in [5.74, 6) is -0.923. The first-order valence-corrected chi connectivity index (χ1v) is 10.1. The van der Waals surface area contributed by atoms with Crippen LogP contribution in [0.15, 0.2) is 15.7 Å². The van der Waals surface area contributed by atoms with E-state index in [1.165, 1.54) is 4.57 Å². The van der Waals surface area contributed by atoms with Crippen molar-refractivity contribution in [3.63, 3.8) is 0 Å². The summed E-state index contributed by atoms with van der Waals surface area (Å²) in [5, 5.41) is 3.15. The van der Waals surface area contributed by atoms with Crippen molar-refractivity contribution < 1.29 is 14.3 Å². The predicted molar refractivity (Wildman–Crippen MR) is 106 cm³/mol. The summed E-state index contributed by atoms with van der Waals surface area (Å²) < 4.78 is 12.8. The van der Waals surface area contributed by atoms with Gasteiger partial charge in [0.1, 0.15) is 0 Å². The fourth-order valence-electron chi connectivity index (χ4n) is 4.18. The monoisotopic (exact) mass is 402 g/mol. The highest BCUT2D eigenvalue weighted by Gasteiger charge is 2.44. The molecule has 0 bridgehead atoms. The summed E-state index contributed by atoms with van der Waals surface area (Å²) in [4.78, 5) is 44.8. The highest BCUT2D eigenvalue weighted by Crippen LogP contribution is 2.37. The topological polar surface area (TPSA) is 115 Å². The van der Waals surface area contributed by atoms with Crippen LogP contribution in [-0.4, -0.2) is 45.5 Å². The van der Waals surface area contributed by atoms with Gasteiger partial charge in [-0.05, 0) is 25.3 Å². The lowest BCUT2D eigenvalue weighted by Gasteiger charge is -2.22. The van der Waals surface area contributed by atoms with E-state index < -0.39 is 17.0 Å². The van der Waals surface area contributed by atoms with E-state index in [4.69, 9.17) is 9.47 Å². The molecular formula is C20H26N4O5. The smallest absolute Gasteiger partial charge is 0.329 e. The lowest BCUT2D eigenvalue weighted by Crippen LogP contribution is -2.37. The van der Waals surface area contributed by atoms with Gasteiger partial charge in [0.2, 0.25) is 0 Å². The van der Waals surface area contributed by atoms with Gasteiger partial charge in [-0.15, -0.1) is 0 Å². The summed E-state index contributed by atoms with van der Waals surface area (Å²) >= 11 is 0. The molecule has 2 N–H and O–H groups in total. The lowest BCUT2D eigenvalue weighted by atomic mass is 10.0. The number of aryl methyl sites for hydroxylation is 1. The Labute approximate surface area is 167 Å². The fourth-order valence-corrected chi connectivity index (χ4v) is 4.18. The van der Waals surface area contributed by atoms with Crippen molar-refractivity contribution in [2.75, 3.05) is 13.2 Å². The number of rotatable bonds is 4. The average Bonchev–Trinajstić information content (AvgIpc) is 3.30. The second kappa shape index (κ2) is 7.38. The Hall–Kier alpha value is -2.52. The Morgan fingerprint density at radius 1 is 1.38 bits per heavy atom. The molecule has 0 unspecified atom stereocenters. The van der Waals surface area contributed by atoms with Gasteiger partial charge < -0.3 is 14.8 Å². The zero-order valence-corrected chi connectivity index (χ0v) is 16.9. The number of carbonyl (C=O) groups is 1. The van der Waals surface area contributed by atoms with Gasteiger partial charge >= 0.3 is 5.69 Å². The zero-order valence-electron chi connectivity index (χ0n) is 16.9. The van der Waals surface area contributed by atoms with E-state index in [0.717, 1.165) is 12.8 Å². The Bertz CT molecular complexity index is 1060. The van der Waals surface area contributed by atoms with Crippen LogP contribution in [-0.2, 0) is 16.0 Å². The van der Waals surface area contributed by atoms with Gasteiger partial charge in [0.15, 0.2) is 11.4 Å². The molecule has 2 aliphatic rings. The van der Waals surface area contributed by atoms with Crippen molar-refractivity contribution in [3.8, 4) is 0 Å².